The van der Waals surface area contributed by atoms with Crippen molar-refractivity contribution in [3.8, 4) is 0 Å². The van der Waals surface area contributed by atoms with Crippen molar-refractivity contribution in [1.82, 2.24) is 25.0 Å². The van der Waals surface area contributed by atoms with E-state index in [-0.39, 0.29) is 41.1 Å². The molecular formula is C11H15N5O3S2. The van der Waals surface area contributed by atoms with E-state index >= 15 is 0 Å². The highest BCUT2D eigenvalue weighted by Gasteiger charge is 2.29. The van der Waals surface area contributed by atoms with Gasteiger partial charge in [-0.2, -0.15) is 0 Å². The smallest absolute Gasteiger partial charge is 0.288 e. The predicted molar refractivity (Wildman–Crippen MR) is 78.9 cm³/mol. The third-order valence-corrected chi connectivity index (χ3v) is 4.80. The molecule has 1 aromatic heterocycles. The number of amides is 3. The van der Waals surface area contributed by atoms with E-state index in [1.165, 1.54) is 11.8 Å². The van der Waals surface area contributed by atoms with Crippen molar-refractivity contribution in [2.75, 3.05) is 18.8 Å². The highest BCUT2D eigenvalue weighted by atomic mass is 32.2. The molecule has 1 aliphatic heterocycles. The van der Waals surface area contributed by atoms with Crippen LogP contribution in [0.1, 0.15) is 6.92 Å². The Hall–Kier alpha value is -1.55. The van der Waals surface area contributed by atoms with Gasteiger partial charge in [0.25, 0.3) is 5.24 Å². The minimum atomic E-state index is -0.341. The summed E-state index contributed by atoms with van der Waals surface area (Å²) < 4.78 is 1.73. The van der Waals surface area contributed by atoms with Crippen molar-refractivity contribution in [2.45, 2.75) is 17.3 Å². The summed E-state index contributed by atoms with van der Waals surface area (Å²) >= 11 is 2.28. The van der Waals surface area contributed by atoms with Crippen molar-refractivity contribution in [2.24, 2.45) is 7.05 Å². The summed E-state index contributed by atoms with van der Waals surface area (Å²) in [6.45, 7) is 2.22. The molecule has 1 atom stereocenters. The molecule has 10 heteroatoms. The zero-order valence-electron chi connectivity index (χ0n) is 11.6. The molecule has 2 rings (SSSR count). The SMILES string of the molecule is C[C@@H](Sc1nncn1C)C(=O)NCCN1C(=O)CSC1=O. The van der Waals surface area contributed by atoms with Gasteiger partial charge in [0.1, 0.15) is 6.33 Å². The van der Waals surface area contributed by atoms with Crippen LogP contribution in [0.15, 0.2) is 11.5 Å². The number of carbonyl (C=O) groups is 3. The van der Waals surface area contributed by atoms with E-state index in [4.69, 9.17) is 0 Å². The molecule has 1 aliphatic rings. The second-order valence-corrected chi connectivity index (χ2v) is 6.61. The average molecular weight is 329 g/mol. The summed E-state index contributed by atoms with van der Waals surface area (Å²) in [5, 5.41) is 10.4. The summed E-state index contributed by atoms with van der Waals surface area (Å²) in [5.41, 5.74) is 0. The Labute approximate surface area is 130 Å². The number of aromatic nitrogens is 3. The van der Waals surface area contributed by atoms with Crippen LogP contribution in [0.2, 0.25) is 0 Å². The van der Waals surface area contributed by atoms with E-state index in [9.17, 15) is 14.4 Å². The second-order valence-electron chi connectivity index (χ2n) is 4.38. The lowest BCUT2D eigenvalue weighted by molar-refractivity contribution is -0.125. The van der Waals surface area contributed by atoms with Gasteiger partial charge in [0.15, 0.2) is 5.16 Å². The Morgan fingerprint density at radius 3 is 2.90 bits per heavy atom. The number of nitrogens with one attached hydrogen (secondary N) is 1. The number of hydrogen-bond donors (Lipinski definition) is 1. The van der Waals surface area contributed by atoms with Gasteiger partial charge in [0.2, 0.25) is 11.8 Å². The van der Waals surface area contributed by atoms with E-state index in [2.05, 4.69) is 15.5 Å². The van der Waals surface area contributed by atoms with Crippen LogP contribution in [-0.2, 0) is 16.6 Å². The van der Waals surface area contributed by atoms with Crippen LogP contribution < -0.4 is 5.32 Å². The zero-order chi connectivity index (χ0) is 15.4. The van der Waals surface area contributed by atoms with Gasteiger partial charge in [-0.3, -0.25) is 19.3 Å². The van der Waals surface area contributed by atoms with Crippen LogP contribution in [-0.4, -0.2) is 60.8 Å². The molecule has 0 bridgehead atoms. The first-order valence-electron chi connectivity index (χ1n) is 6.24. The molecule has 114 valence electrons. The molecule has 21 heavy (non-hydrogen) atoms. The number of carbonyl (C=O) groups excluding carboxylic acids is 3. The van der Waals surface area contributed by atoms with Crippen molar-refractivity contribution >= 4 is 40.6 Å². The van der Waals surface area contributed by atoms with E-state index in [1.807, 2.05) is 0 Å². The van der Waals surface area contributed by atoms with Gasteiger partial charge in [-0.15, -0.1) is 10.2 Å². The number of aryl methyl sites for hydroxylation is 1. The van der Waals surface area contributed by atoms with Gasteiger partial charge in [0, 0.05) is 20.1 Å². The molecule has 8 nitrogen and oxygen atoms in total. The normalized spacial score (nSPS) is 16.4. The van der Waals surface area contributed by atoms with Crippen LogP contribution in [0.3, 0.4) is 0 Å². The van der Waals surface area contributed by atoms with Crippen LogP contribution in [0.5, 0.6) is 0 Å². The summed E-state index contributed by atoms with van der Waals surface area (Å²) in [6.07, 6.45) is 1.56. The first-order chi connectivity index (χ1) is 9.99. The lowest BCUT2D eigenvalue weighted by atomic mass is 10.4. The Morgan fingerprint density at radius 1 is 1.57 bits per heavy atom. The maximum atomic E-state index is 11.9. The summed E-state index contributed by atoms with van der Waals surface area (Å²) in [7, 11) is 1.80. The molecule has 1 N–H and O–H groups in total. The lowest BCUT2D eigenvalue weighted by Gasteiger charge is -2.15. The molecule has 0 aliphatic carbocycles. The van der Waals surface area contributed by atoms with E-state index in [1.54, 1.807) is 24.9 Å². The first kappa shape index (κ1) is 15.8. The van der Waals surface area contributed by atoms with Crippen molar-refractivity contribution in [1.29, 1.82) is 0 Å². The molecule has 0 saturated carbocycles. The molecule has 2 heterocycles. The van der Waals surface area contributed by atoms with Gasteiger partial charge in [-0.25, -0.2) is 0 Å². The molecule has 1 aromatic rings. The summed E-state index contributed by atoms with van der Waals surface area (Å²) in [4.78, 5) is 35.9. The molecule has 0 unspecified atom stereocenters. The molecule has 1 saturated heterocycles. The maximum Gasteiger partial charge on any atom is 0.288 e. The second kappa shape index (κ2) is 6.94. The number of hydrogen-bond acceptors (Lipinski definition) is 7. The highest BCUT2D eigenvalue weighted by molar-refractivity contribution is 8.14. The van der Waals surface area contributed by atoms with Crippen LogP contribution in [0.4, 0.5) is 4.79 Å². The minimum absolute atomic E-state index is 0.172. The topological polar surface area (TPSA) is 97.2 Å². The standard InChI is InChI=1S/C11H15N5O3S2/c1-7(21-10-14-13-6-15(10)2)9(18)12-3-4-16-8(17)5-20-11(16)19/h6-7H,3-5H2,1-2H3,(H,12,18)/t7-/m1/s1. The average Bonchev–Trinajstić information content (AvgIpc) is 2.98. The summed E-state index contributed by atoms with van der Waals surface area (Å²) in [6, 6.07) is 0. The van der Waals surface area contributed by atoms with Gasteiger partial charge in [-0.05, 0) is 6.92 Å². The zero-order valence-corrected chi connectivity index (χ0v) is 13.2. The maximum absolute atomic E-state index is 11.9. The number of nitrogens with zero attached hydrogens (tertiary/aromatic N) is 4. The van der Waals surface area contributed by atoms with Crippen molar-refractivity contribution in [3.63, 3.8) is 0 Å². The van der Waals surface area contributed by atoms with Gasteiger partial charge in [-0.1, -0.05) is 23.5 Å². The fourth-order valence-electron chi connectivity index (χ4n) is 1.62. The van der Waals surface area contributed by atoms with Crippen LogP contribution in [0.25, 0.3) is 0 Å². The number of thioether (sulfide) groups is 2. The van der Waals surface area contributed by atoms with Crippen LogP contribution in [0, 0.1) is 0 Å². The molecule has 1 fully saturated rings. The Bertz CT molecular complexity index is 546. The number of imide groups is 1. The van der Waals surface area contributed by atoms with Crippen LogP contribution >= 0.6 is 23.5 Å². The lowest BCUT2D eigenvalue weighted by Crippen LogP contribution is -2.39. The largest absolute Gasteiger partial charge is 0.353 e. The highest BCUT2D eigenvalue weighted by Crippen LogP contribution is 2.20. The third kappa shape index (κ3) is 3.97. The molecule has 0 radical (unpaired) electrons. The predicted octanol–water partition coefficient (Wildman–Crippen LogP) is 0.107. The third-order valence-electron chi connectivity index (χ3n) is 2.80. The fourth-order valence-corrected chi connectivity index (χ4v) is 3.19. The van der Waals surface area contributed by atoms with Gasteiger partial charge in [0.05, 0.1) is 11.0 Å². The van der Waals surface area contributed by atoms with E-state index in [0.717, 1.165) is 16.7 Å². The van der Waals surface area contributed by atoms with Gasteiger partial charge >= 0.3 is 0 Å². The first-order valence-corrected chi connectivity index (χ1v) is 8.11. The minimum Gasteiger partial charge on any atom is -0.353 e. The Kier molecular flexibility index (Phi) is 5.23. The Morgan fingerprint density at radius 2 is 2.33 bits per heavy atom. The molecular weight excluding hydrogens is 314 g/mol. The van der Waals surface area contributed by atoms with Gasteiger partial charge < -0.3 is 9.88 Å². The molecule has 0 spiro atoms. The van der Waals surface area contributed by atoms with Crippen molar-refractivity contribution < 1.29 is 14.4 Å². The van der Waals surface area contributed by atoms with E-state index in [0.29, 0.717) is 5.16 Å². The Balaban J connectivity index is 1.75. The number of rotatable bonds is 6. The summed E-state index contributed by atoms with van der Waals surface area (Å²) in [5.74, 6) is -0.193. The molecule has 3 amide bonds. The fraction of sp³-hybridized carbons (Fsp3) is 0.545. The van der Waals surface area contributed by atoms with E-state index < -0.39 is 0 Å². The quantitative estimate of drug-likeness (QED) is 0.740. The van der Waals surface area contributed by atoms with Crippen molar-refractivity contribution in [3.05, 3.63) is 6.33 Å². The molecule has 0 aromatic carbocycles. The monoisotopic (exact) mass is 329 g/mol.